The van der Waals surface area contributed by atoms with Crippen LogP contribution in [0.1, 0.15) is 0 Å². The molecule has 0 aromatic heterocycles. The molecule has 0 saturated heterocycles. The van der Waals surface area contributed by atoms with Crippen molar-refractivity contribution in [2.24, 2.45) is 0 Å². The fourth-order valence-corrected chi connectivity index (χ4v) is 2.67. The van der Waals surface area contributed by atoms with Crippen molar-refractivity contribution < 1.29 is 18.3 Å². The van der Waals surface area contributed by atoms with Crippen LogP contribution in [0.25, 0.3) is 0 Å². The van der Waals surface area contributed by atoms with Crippen molar-refractivity contribution in [3.8, 4) is 11.5 Å². The number of hydrogen-bond donors (Lipinski definition) is 0. The van der Waals surface area contributed by atoms with Crippen LogP contribution < -0.4 is 9.47 Å². The van der Waals surface area contributed by atoms with Crippen LogP contribution in [0.15, 0.2) is 24.3 Å². The van der Waals surface area contributed by atoms with E-state index in [2.05, 4.69) is 15.9 Å². The summed E-state index contributed by atoms with van der Waals surface area (Å²) in [6.45, 7) is 0.299. The average Bonchev–Trinajstić information content (AvgIpc) is 2.24. The fraction of sp³-hybridized carbons (Fsp3) is 0.400. The Labute approximate surface area is 108 Å². The minimum atomic E-state index is -2.73. The zero-order chi connectivity index (χ0) is 12.0. The van der Waals surface area contributed by atoms with E-state index in [1.165, 1.54) is 0 Å². The zero-order valence-corrected chi connectivity index (χ0v) is 11.9. The van der Waals surface area contributed by atoms with E-state index in [0.717, 1.165) is 5.75 Å². The number of ether oxygens (including phenoxy) is 2. The molecule has 0 aliphatic heterocycles. The molecule has 1 rings (SSSR count). The maximum absolute atomic E-state index is 12.4. The van der Waals surface area contributed by atoms with Crippen LogP contribution in [0, 0.1) is 0 Å². The normalized spacial score (nSPS) is 11.2. The van der Waals surface area contributed by atoms with E-state index in [-0.39, 0.29) is 0 Å². The Morgan fingerprint density at radius 1 is 1.25 bits per heavy atom. The van der Waals surface area contributed by atoms with Gasteiger partial charge in [0, 0.05) is 0 Å². The molecular weight excluding hydrogens is 349 g/mol. The first-order valence-electron chi connectivity index (χ1n) is 4.49. The van der Waals surface area contributed by atoms with Crippen molar-refractivity contribution in [1.29, 1.82) is 0 Å². The van der Waals surface area contributed by atoms with Gasteiger partial charge in [-0.15, -0.1) is 0 Å². The molecule has 0 radical (unpaired) electrons. The van der Waals surface area contributed by atoms with E-state index in [1.807, 2.05) is 0 Å². The molecule has 0 amide bonds. The van der Waals surface area contributed by atoms with Gasteiger partial charge in [0.2, 0.25) is 0 Å². The molecule has 1 aromatic rings. The van der Waals surface area contributed by atoms with Crippen LogP contribution in [0.3, 0.4) is 0 Å². The summed E-state index contributed by atoms with van der Waals surface area (Å²) >= 11 is 1.53. The Hall–Kier alpha value is -0.321. The van der Waals surface area contributed by atoms with Crippen LogP contribution in [0.2, 0.25) is 5.32 Å². The second-order valence-electron chi connectivity index (χ2n) is 2.82. The number of rotatable bonds is 6. The molecule has 0 heterocycles. The number of halogens is 3. The Balaban J connectivity index is 2.27. The maximum atomic E-state index is 12.4. The molecule has 0 aliphatic carbocycles. The number of hydrogen-bond acceptors (Lipinski definition) is 2. The minimum absolute atomic E-state index is 0.299. The van der Waals surface area contributed by atoms with Crippen molar-refractivity contribution >= 4 is 30.9 Å². The van der Waals surface area contributed by atoms with Gasteiger partial charge >= 0.3 is 108 Å². The standard InChI is InChI=1S/C10H11BrF2O2Se/c1-14-8-2-4-9(5-3-8)15-6-7-16-10(11,12)13/h2-5H,6-7H2,1H3. The summed E-state index contributed by atoms with van der Waals surface area (Å²) in [6, 6.07) is 7.02. The Bertz CT molecular complexity index is 314. The van der Waals surface area contributed by atoms with Gasteiger partial charge in [-0.25, -0.2) is 0 Å². The first-order valence-corrected chi connectivity index (χ1v) is 7.35. The molecule has 0 aliphatic rings. The van der Waals surface area contributed by atoms with Crippen molar-refractivity contribution in [1.82, 2.24) is 0 Å². The molecule has 0 unspecified atom stereocenters. The molecule has 2 nitrogen and oxygen atoms in total. The van der Waals surface area contributed by atoms with Gasteiger partial charge in [-0.05, 0) is 0 Å². The average molecular weight is 360 g/mol. The molecule has 6 heteroatoms. The molecule has 0 N–H and O–H groups in total. The molecule has 0 spiro atoms. The summed E-state index contributed by atoms with van der Waals surface area (Å²) in [5, 5.41) is 0.358. The molecule has 0 fully saturated rings. The van der Waals surface area contributed by atoms with E-state index in [1.54, 1.807) is 31.4 Å². The van der Waals surface area contributed by atoms with Gasteiger partial charge in [0.05, 0.1) is 0 Å². The predicted molar refractivity (Wildman–Crippen MR) is 62.9 cm³/mol. The molecule has 16 heavy (non-hydrogen) atoms. The van der Waals surface area contributed by atoms with Crippen molar-refractivity contribution in [3.63, 3.8) is 0 Å². The quantitative estimate of drug-likeness (QED) is 0.441. The third-order valence-corrected chi connectivity index (χ3v) is 4.33. The monoisotopic (exact) mass is 360 g/mol. The summed E-state index contributed by atoms with van der Waals surface area (Å²) in [5.41, 5.74) is 0. The van der Waals surface area contributed by atoms with Gasteiger partial charge in [-0.2, -0.15) is 0 Å². The second-order valence-corrected chi connectivity index (χ2v) is 7.53. The molecular formula is C10H11BrF2O2Se. The van der Waals surface area contributed by atoms with E-state index in [4.69, 9.17) is 9.47 Å². The first-order chi connectivity index (χ1) is 7.51. The van der Waals surface area contributed by atoms with Crippen LogP contribution in [0.4, 0.5) is 8.78 Å². The van der Waals surface area contributed by atoms with Gasteiger partial charge < -0.3 is 0 Å². The second kappa shape index (κ2) is 6.42. The third-order valence-electron chi connectivity index (χ3n) is 1.68. The van der Waals surface area contributed by atoms with Gasteiger partial charge in [-0.1, -0.05) is 0 Å². The zero-order valence-electron chi connectivity index (χ0n) is 8.58. The SMILES string of the molecule is COc1ccc(OCC[Se]C(F)(F)Br)cc1. The van der Waals surface area contributed by atoms with Crippen LogP contribution in [-0.4, -0.2) is 32.4 Å². The van der Waals surface area contributed by atoms with Crippen LogP contribution >= 0.6 is 15.9 Å². The number of alkyl halides is 3. The fourth-order valence-electron chi connectivity index (χ4n) is 0.989. The topological polar surface area (TPSA) is 18.5 Å². The summed E-state index contributed by atoms with van der Waals surface area (Å²) in [7, 11) is 1.58. The molecule has 90 valence electrons. The number of methoxy groups -OCH3 is 1. The summed E-state index contributed by atoms with van der Waals surface area (Å²) < 4.78 is 32.4. The van der Waals surface area contributed by atoms with Crippen LogP contribution in [0.5, 0.6) is 11.5 Å². The van der Waals surface area contributed by atoms with Gasteiger partial charge in [0.15, 0.2) is 0 Å². The predicted octanol–water partition coefficient (Wildman–Crippen LogP) is 3.14. The molecule has 0 bridgehead atoms. The Kier molecular flexibility index (Phi) is 5.52. The van der Waals surface area contributed by atoms with Crippen LogP contribution in [-0.2, 0) is 0 Å². The van der Waals surface area contributed by atoms with Gasteiger partial charge in [0.1, 0.15) is 0 Å². The molecule has 0 atom stereocenters. The van der Waals surface area contributed by atoms with E-state index in [0.29, 0.717) is 17.7 Å². The van der Waals surface area contributed by atoms with E-state index < -0.39 is 18.7 Å². The molecule has 0 saturated carbocycles. The van der Waals surface area contributed by atoms with Gasteiger partial charge in [-0.3, -0.25) is 0 Å². The Morgan fingerprint density at radius 3 is 2.31 bits per heavy atom. The third kappa shape index (κ3) is 5.68. The van der Waals surface area contributed by atoms with Gasteiger partial charge in [0.25, 0.3) is 0 Å². The summed E-state index contributed by atoms with van der Waals surface area (Å²) in [6.07, 6.45) is 0. The Morgan fingerprint density at radius 2 is 1.81 bits per heavy atom. The summed E-state index contributed by atoms with van der Waals surface area (Å²) in [4.78, 5) is 0. The van der Waals surface area contributed by atoms with Crippen molar-refractivity contribution in [3.05, 3.63) is 24.3 Å². The van der Waals surface area contributed by atoms with E-state index in [9.17, 15) is 8.78 Å². The molecule has 1 aromatic carbocycles. The van der Waals surface area contributed by atoms with Crippen molar-refractivity contribution in [2.45, 2.75) is 9.05 Å². The first kappa shape index (κ1) is 13.7. The van der Waals surface area contributed by atoms with E-state index >= 15 is 0 Å². The summed E-state index contributed by atoms with van der Waals surface area (Å²) in [5.74, 6) is 1.40. The van der Waals surface area contributed by atoms with Crippen molar-refractivity contribution in [2.75, 3.05) is 13.7 Å². The number of benzene rings is 1.